The highest BCUT2D eigenvalue weighted by atomic mass is 32.2. The summed E-state index contributed by atoms with van der Waals surface area (Å²) in [7, 11) is -3.73. The number of nitrogens with zero attached hydrogens (tertiary/aromatic N) is 1. The number of ether oxygens (including phenoxy) is 2. The molecule has 0 aliphatic carbocycles. The van der Waals surface area contributed by atoms with E-state index in [0.29, 0.717) is 12.4 Å². The van der Waals surface area contributed by atoms with E-state index in [1.54, 1.807) is 18.2 Å². The van der Waals surface area contributed by atoms with Crippen LogP contribution in [0, 0.1) is 0 Å². The summed E-state index contributed by atoms with van der Waals surface area (Å²) >= 11 is 0. The van der Waals surface area contributed by atoms with Gasteiger partial charge in [-0.2, -0.15) is 13.5 Å². The van der Waals surface area contributed by atoms with E-state index in [-0.39, 0.29) is 11.0 Å². The lowest BCUT2D eigenvalue weighted by molar-refractivity contribution is 0.242. The van der Waals surface area contributed by atoms with Crippen LogP contribution in [0.2, 0.25) is 0 Å². The Morgan fingerprint density at radius 3 is 2.50 bits per heavy atom. The Bertz CT molecular complexity index is 831. The van der Waals surface area contributed by atoms with Crippen molar-refractivity contribution in [3.63, 3.8) is 0 Å². The van der Waals surface area contributed by atoms with Crippen LogP contribution in [0.4, 0.5) is 0 Å². The molecule has 0 aromatic heterocycles. The van der Waals surface area contributed by atoms with Crippen LogP contribution in [0.1, 0.15) is 32.8 Å². The lowest BCUT2D eigenvalue weighted by Crippen LogP contribution is -2.18. The molecule has 0 amide bonds. The predicted octanol–water partition coefficient (Wildman–Crippen LogP) is 3.58. The average Bonchev–Trinajstić information content (AvgIpc) is 2.60. The fourth-order valence-electron chi connectivity index (χ4n) is 2.10. The van der Waals surface area contributed by atoms with Crippen LogP contribution in [0.15, 0.2) is 58.5 Å². The van der Waals surface area contributed by atoms with Crippen LogP contribution in [0.5, 0.6) is 11.5 Å². The van der Waals surface area contributed by atoms with Crippen LogP contribution in [-0.4, -0.2) is 27.3 Å². The maximum absolute atomic E-state index is 12.3. The topological polar surface area (TPSA) is 77.0 Å². The van der Waals surface area contributed by atoms with Gasteiger partial charge in [0.05, 0.1) is 23.8 Å². The van der Waals surface area contributed by atoms with Gasteiger partial charge >= 0.3 is 0 Å². The molecule has 2 aromatic rings. The summed E-state index contributed by atoms with van der Waals surface area (Å²) in [5.74, 6) is 1.34. The largest absolute Gasteiger partial charge is 0.494 e. The van der Waals surface area contributed by atoms with Crippen LogP contribution >= 0.6 is 0 Å². The third kappa shape index (κ3) is 6.07. The minimum absolute atomic E-state index is 0.0252. The van der Waals surface area contributed by atoms with Gasteiger partial charge in [0.2, 0.25) is 0 Å². The highest BCUT2D eigenvalue weighted by Gasteiger charge is 2.12. The van der Waals surface area contributed by atoms with Crippen molar-refractivity contribution in [1.29, 1.82) is 0 Å². The molecule has 0 radical (unpaired) electrons. The molecule has 0 aliphatic heterocycles. The van der Waals surface area contributed by atoms with E-state index < -0.39 is 10.0 Å². The molecule has 0 unspecified atom stereocenters. The van der Waals surface area contributed by atoms with E-state index in [9.17, 15) is 8.42 Å². The molecule has 0 saturated heterocycles. The van der Waals surface area contributed by atoms with E-state index in [1.807, 2.05) is 39.0 Å². The van der Waals surface area contributed by atoms with E-state index in [4.69, 9.17) is 9.47 Å². The van der Waals surface area contributed by atoms with Gasteiger partial charge in [0, 0.05) is 0 Å². The normalized spacial score (nSPS) is 11.7. The molecule has 0 aliphatic rings. The number of hydrogen-bond acceptors (Lipinski definition) is 5. The van der Waals surface area contributed by atoms with Gasteiger partial charge in [-0.05, 0) is 62.2 Å². The molecule has 0 atom stereocenters. The molecule has 140 valence electrons. The minimum atomic E-state index is -3.73. The number of sulfonamides is 1. The quantitative estimate of drug-likeness (QED) is 0.536. The molecule has 6 nitrogen and oxygen atoms in total. The summed E-state index contributed by atoms with van der Waals surface area (Å²) in [6.07, 6.45) is 2.38. The van der Waals surface area contributed by atoms with Crippen LogP contribution in [-0.2, 0) is 10.0 Å². The highest BCUT2D eigenvalue weighted by molar-refractivity contribution is 7.89. The summed E-state index contributed by atoms with van der Waals surface area (Å²) in [6.45, 7) is 6.47. The zero-order chi connectivity index (χ0) is 19.0. The van der Waals surface area contributed by atoms with Gasteiger partial charge in [0.1, 0.15) is 11.5 Å². The van der Waals surface area contributed by atoms with Gasteiger partial charge < -0.3 is 9.47 Å². The van der Waals surface area contributed by atoms with Crippen molar-refractivity contribution in [1.82, 2.24) is 4.83 Å². The van der Waals surface area contributed by atoms with Crippen molar-refractivity contribution >= 4 is 16.2 Å². The first-order valence-electron chi connectivity index (χ1n) is 8.45. The van der Waals surface area contributed by atoms with Gasteiger partial charge in [-0.1, -0.05) is 19.1 Å². The fraction of sp³-hybridized carbons (Fsp3) is 0.316. The second-order valence-electron chi connectivity index (χ2n) is 5.91. The van der Waals surface area contributed by atoms with Gasteiger partial charge in [-0.25, -0.2) is 4.83 Å². The molecule has 2 rings (SSSR count). The molecular weight excluding hydrogens is 352 g/mol. The molecule has 0 saturated carbocycles. The third-order valence-electron chi connectivity index (χ3n) is 3.22. The predicted molar refractivity (Wildman–Crippen MR) is 102 cm³/mol. The molecule has 2 aromatic carbocycles. The number of nitrogens with one attached hydrogen (secondary N) is 1. The average molecular weight is 376 g/mol. The Morgan fingerprint density at radius 1 is 1.12 bits per heavy atom. The van der Waals surface area contributed by atoms with Crippen molar-refractivity contribution in [2.45, 2.75) is 38.2 Å². The number of hydrogen-bond donors (Lipinski definition) is 1. The second-order valence-corrected chi connectivity index (χ2v) is 7.57. The van der Waals surface area contributed by atoms with Crippen LogP contribution < -0.4 is 14.3 Å². The molecule has 1 N–H and O–H groups in total. The van der Waals surface area contributed by atoms with Gasteiger partial charge in [0.15, 0.2) is 0 Å². The molecule has 0 heterocycles. The standard InChI is InChI=1S/C19H24N2O4S/c1-4-12-24-18-7-5-6-16(13-18)14-20-21-26(22,23)19-10-8-17(9-11-19)25-15(2)3/h5-11,13-15,21H,4,12H2,1-3H3/b20-14+. The zero-order valence-corrected chi connectivity index (χ0v) is 16.0. The maximum atomic E-state index is 12.3. The number of rotatable bonds is 9. The van der Waals surface area contributed by atoms with Crippen LogP contribution in [0.3, 0.4) is 0 Å². The molecule has 0 fully saturated rings. The Hall–Kier alpha value is -2.54. The molecule has 7 heteroatoms. The molecule has 0 spiro atoms. The van der Waals surface area contributed by atoms with Crippen molar-refractivity contribution in [3.8, 4) is 11.5 Å². The third-order valence-corrected chi connectivity index (χ3v) is 4.46. The highest BCUT2D eigenvalue weighted by Crippen LogP contribution is 2.17. The van der Waals surface area contributed by atoms with Crippen molar-refractivity contribution in [2.75, 3.05) is 6.61 Å². The Balaban J connectivity index is 2.02. The monoisotopic (exact) mass is 376 g/mol. The smallest absolute Gasteiger partial charge is 0.276 e. The first-order chi connectivity index (χ1) is 12.4. The van der Waals surface area contributed by atoms with Gasteiger partial charge in [-0.3, -0.25) is 0 Å². The zero-order valence-electron chi connectivity index (χ0n) is 15.2. The van der Waals surface area contributed by atoms with Crippen molar-refractivity contribution in [3.05, 3.63) is 54.1 Å². The maximum Gasteiger partial charge on any atom is 0.276 e. The minimum Gasteiger partial charge on any atom is -0.494 e. The Kier molecular flexibility index (Phi) is 7.03. The Labute approximate surface area is 154 Å². The van der Waals surface area contributed by atoms with Gasteiger partial charge in [0.25, 0.3) is 10.0 Å². The molecular formula is C19H24N2O4S. The van der Waals surface area contributed by atoms with Crippen molar-refractivity contribution in [2.24, 2.45) is 5.10 Å². The first kappa shape index (κ1) is 19.8. The SMILES string of the molecule is CCCOc1cccc(/C=N/NS(=O)(=O)c2ccc(OC(C)C)cc2)c1. The van der Waals surface area contributed by atoms with Crippen molar-refractivity contribution < 1.29 is 17.9 Å². The summed E-state index contributed by atoms with van der Waals surface area (Å²) in [5.41, 5.74) is 0.738. The Morgan fingerprint density at radius 2 is 1.85 bits per heavy atom. The summed E-state index contributed by atoms with van der Waals surface area (Å²) in [6, 6.07) is 13.5. The molecule has 0 bridgehead atoms. The number of hydrazone groups is 1. The van der Waals surface area contributed by atoms with Gasteiger partial charge in [-0.15, -0.1) is 0 Å². The number of benzene rings is 2. The van der Waals surface area contributed by atoms with E-state index >= 15 is 0 Å². The lowest BCUT2D eigenvalue weighted by atomic mass is 10.2. The molecule has 26 heavy (non-hydrogen) atoms. The summed E-state index contributed by atoms with van der Waals surface area (Å²) < 4.78 is 35.6. The first-order valence-corrected chi connectivity index (χ1v) is 9.93. The summed E-state index contributed by atoms with van der Waals surface area (Å²) in [4.78, 5) is 2.32. The van der Waals surface area contributed by atoms with E-state index in [2.05, 4.69) is 9.93 Å². The second kappa shape index (κ2) is 9.24. The fourth-order valence-corrected chi connectivity index (χ4v) is 2.89. The summed E-state index contributed by atoms with van der Waals surface area (Å²) in [5, 5.41) is 3.83. The van der Waals surface area contributed by atoms with E-state index in [0.717, 1.165) is 17.7 Å². The van der Waals surface area contributed by atoms with Crippen LogP contribution in [0.25, 0.3) is 0 Å². The van der Waals surface area contributed by atoms with E-state index in [1.165, 1.54) is 18.3 Å². The lowest BCUT2D eigenvalue weighted by Gasteiger charge is -2.10.